The molecule has 0 radical (unpaired) electrons. The number of hydrogen-bond acceptors (Lipinski definition) is 5. The summed E-state index contributed by atoms with van der Waals surface area (Å²) in [6.07, 6.45) is 4.77. The SMILES string of the molecule is CC(C)(C)C1(c2nc3[nH]nc(C4CC4)c3c(-c3ccc(F)cc3)c2/C=C/C(O)CC(O)CC(=O)O)CC1. The van der Waals surface area contributed by atoms with Gasteiger partial charge in [-0.25, -0.2) is 9.37 Å². The van der Waals surface area contributed by atoms with E-state index in [1.54, 1.807) is 18.2 Å². The quantitative estimate of drug-likeness (QED) is 0.311. The molecule has 2 saturated carbocycles. The Bertz CT molecular complexity index is 1350. The first-order chi connectivity index (χ1) is 17.5. The van der Waals surface area contributed by atoms with E-state index in [0.29, 0.717) is 11.6 Å². The first kappa shape index (κ1) is 25.5. The van der Waals surface area contributed by atoms with E-state index >= 15 is 0 Å². The Kier molecular flexibility index (Phi) is 6.44. The minimum absolute atomic E-state index is 0.0774. The molecule has 2 aliphatic rings. The molecule has 0 bridgehead atoms. The molecule has 0 aliphatic heterocycles. The van der Waals surface area contributed by atoms with Crippen LogP contribution >= 0.6 is 0 Å². The molecular formula is C29H34FN3O4. The molecule has 0 spiro atoms. The van der Waals surface area contributed by atoms with E-state index in [-0.39, 0.29) is 23.1 Å². The smallest absolute Gasteiger partial charge is 0.305 e. The number of aliphatic hydroxyl groups is 2. The number of aliphatic hydroxyl groups excluding tert-OH is 2. The lowest BCUT2D eigenvalue weighted by atomic mass is 9.73. The number of aromatic nitrogens is 3. The zero-order valence-electron chi connectivity index (χ0n) is 21.5. The van der Waals surface area contributed by atoms with Crippen molar-refractivity contribution in [3.05, 3.63) is 53.1 Å². The third kappa shape index (κ3) is 4.92. The van der Waals surface area contributed by atoms with Crippen LogP contribution in [0.1, 0.15) is 82.2 Å². The van der Waals surface area contributed by atoms with E-state index in [9.17, 15) is 19.4 Å². The lowest BCUT2D eigenvalue weighted by Crippen LogP contribution is -2.28. The second kappa shape index (κ2) is 9.33. The highest BCUT2D eigenvalue weighted by molar-refractivity contribution is 6.00. The Labute approximate surface area is 215 Å². The number of aliphatic carboxylic acids is 1. The van der Waals surface area contributed by atoms with Crippen molar-refractivity contribution in [1.29, 1.82) is 0 Å². The lowest BCUT2D eigenvalue weighted by Gasteiger charge is -2.32. The number of aromatic amines is 1. The van der Waals surface area contributed by atoms with Crippen molar-refractivity contribution >= 4 is 23.1 Å². The van der Waals surface area contributed by atoms with Gasteiger partial charge in [0.2, 0.25) is 0 Å². The summed E-state index contributed by atoms with van der Waals surface area (Å²) in [5, 5.41) is 38.4. The van der Waals surface area contributed by atoms with Crippen molar-refractivity contribution in [3.8, 4) is 11.1 Å². The average Bonchev–Trinajstić information content (AvgIpc) is 3.74. The Morgan fingerprint density at radius 2 is 1.89 bits per heavy atom. The van der Waals surface area contributed by atoms with Crippen molar-refractivity contribution in [3.63, 3.8) is 0 Å². The zero-order chi connectivity index (χ0) is 26.5. The van der Waals surface area contributed by atoms with E-state index in [1.807, 2.05) is 6.08 Å². The number of fused-ring (bicyclic) bond motifs is 1. The minimum Gasteiger partial charge on any atom is -0.481 e. The third-order valence-corrected chi connectivity index (χ3v) is 7.92. The minimum atomic E-state index is -1.16. The molecule has 37 heavy (non-hydrogen) atoms. The van der Waals surface area contributed by atoms with Crippen molar-refractivity contribution in [2.24, 2.45) is 5.41 Å². The normalized spacial score (nSPS) is 18.9. The standard InChI is InChI=1S/C29H34FN3O4/c1-28(2,3)29(12-13-29)26-21(11-10-19(34)14-20(35)15-22(36)37)23(16-6-8-18(30)9-7-16)24-25(17-4-5-17)32-33-27(24)31-26/h6-11,17,19-20,34-35H,4-5,12-15H2,1-3H3,(H,36,37)(H,31,32,33)/b11-10+. The van der Waals surface area contributed by atoms with Gasteiger partial charge in [0.25, 0.3) is 0 Å². The highest BCUT2D eigenvalue weighted by Gasteiger charge is 2.55. The first-order valence-electron chi connectivity index (χ1n) is 12.9. The van der Waals surface area contributed by atoms with E-state index < -0.39 is 24.6 Å². The van der Waals surface area contributed by atoms with Gasteiger partial charge in [-0.15, -0.1) is 0 Å². The number of hydrogen-bond donors (Lipinski definition) is 4. The maximum Gasteiger partial charge on any atom is 0.305 e. The predicted octanol–water partition coefficient (Wildman–Crippen LogP) is 5.32. The second-order valence-electron chi connectivity index (χ2n) is 11.6. The van der Waals surface area contributed by atoms with Crippen LogP contribution in [0.25, 0.3) is 28.2 Å². The maximum atomic E-state index is 13.9. The molecule has 2 atom stereocenters. The molecular weight excluding hydrogens is 473 g/mol. The van der Waals surface area contributed by atoms with Crippen molar-refractivity contribution in [2.45, 2.75) is 82.8 Å². The molecule has 7 nitrogen and oxygen atoms in total. The van der Waals surface area contributed by atoms with Crippen LogP contribution in [0, 0.1) is 11.2 Å². The molecule has 0 amide bonds. The number of rotatable bonds is 9. The fourth-order valence-corrected chi connectivity index (χ4v) is 5.51. The van der Waals surface area contributed by atoms with Gasteiger partial charge in [0.1, 0.15) is 5.82 Å². The fourth-order valence-electron chi connectivity index (χ4n) is 5.51. The number of pyridine rings is 1. The maximum absolute atomic E-state index is 13.9. The number of nitrogens with zero attached hydrogens (tertiary/aromatic N) is 2. The van der Waals surface area contributed by atoms with Gasteiger partial charge in [-0.2, -0.15) is 5.10 Å². The number of nitrogens with one attached hydrogen (secondary N) is 1. The van der Waals surface area contributed by atoms with Crippen LogP contribution in [0.2, 0.25) is 0 Å². The Balaban J connectivity index is 1.71. The molecule has 4 N–H and O–H groups in total. The lowest BCUT2D eigenvalue weighted by molar-refractivity contribution is -0.139. The molecule has 2 aliphatic carbocycles. The molecule has 2 unspecified atom stereocenters. The molecule has 2 fully saturated rings. The van der Waals surface area contributed by atoms with Gasteiger partial charge >= 0.3 is 5.97 Å². The van der Waals surface area contributed by atoms with Crippen LogP contribution in [0.4, 0.5) is 4.39 Å². The third-order valence-electron chi connectivity index (χ3n) is 7.92. The van der Waals surface area contributed by atoms with Gasteiger partial charge in [-0.1, -0.05) is 45.1 Å². The summed E-state index contributed by atoms with van der Waals surface area (Å²) in [6, 6.07) is 6.41. The monoisotopic (exact) mass is 507 g/mol. The summed E-state index contributed by atoms with van der Waals surface area (Å²) in [5.41, 5.74) is 4.92. The number of carboxylic acid groups (broad SMARTS) is 1. The number of benzene rings is 1. The van der Waals surface area contributed by atoms with Crippen molar-refractivity contribution in [2.75, 3.05) is 0 Å². The molecule has 0 saturated heterocycles. The topological polar surface area (TPSA) is 119 Å². The van der Waals surface area contributed by atoms with E-state index in [0.717, 1.165) is 59.1 Å². The molecule has 2 aromatic heterocycles. The van der Waals surface area contributed by atoms with Gasteiger partial charge < -0.3 is 15.3 Å². The van der Waals surface area contributed by atoms with Crippen LogP contribution in [0.3, 0.4) is 0 Å². The largest absolute Gasteiger partial charge is 0.481 e. The number of carbonyl (C=O) groups is 1. The van der Waals surface area contributed by atoms with Crippen LogP contribution in [-0.4, -0.2) is 48.7 Å². The van der Waals surface area contributed by atoms with Crippen molar-refractivity contribution < 1.29 is 24.5 Å². The van der Waals surface area contributed by atoms with Gasteiger partial charge in [-0.3, -0.25) is 9.89 Å². The van der Waals surface area contributed by atoms with Crippen molar-refractivity contribution in [1.82, 2.24) is 15.2 Å². The molecule has 1 aromatic carbocycles. The van der Waals surface area contributed by atoms with Gasteiger partial charge in [-0.05, 0) is 48.8 Å². The average molecular weight is 508 g/mol. The summed E-state index contributed by atoms with van der Waals surface area (Å²) in [6.45, 7) is 6.61. The van der Waals surface area contributed by atoms with Crippen LogP contribution in [-0.2, 0) is 10.2 Å². The molecule has 5 rings (SSSR count). The van der Waals surface area contributed by atoms with Crippen LogP contribution in [0.5, 0.6) is 0 Å². The first-order valence-corrected chi connectivity index (χ1v) is 12.9. The highest BCUT2D eigenvalue weighted by atomic mass is 19.1. The zero-order valence-corrected chi connectivity index (χ0v) is 21.5. The molecule has 2 heterocycles. The Morgan fingerprint density at radius 3 is 2.46 bits per heavy atom. The second-order valence-corrected chi connectivity index (χ2v) is 11.6. The Hall–Kier alpha value is -3.10. The summed E-state index contributed by atoms with van der Waals surface area (Å²) in [5.74, 6) is -1.09. The van der Waals surface area contributed by atoms with Gasteiger partial charge in [0.15, 0.2) is 5.65 Å². The van der Waals surface area contributed by atoms with E-state index in [2.05, 4.69) is 31.0 Å². The fraction of sp³-hybridized carbons (Fsp3) is 0.483. The molecule has 3 aromatic rings. The van der Waals surface area contributed by atoms with E-state index in [4.69, 9.17) is 10.1 Å². The highest BCUT2D eigenvalue weighted by Crippen LogP contribution is 2.61. The van der Waals surface area contributed by atoms with Crippen LogP contribution < -0.4 is 0 Å². The van der Waals surface area contributed by atoms with Gasteiger partial charge in [0, 0.05) is 28.9 Å². The predicted molar refractivity (Wildman–Crippen MR) is 140 cm³/mol. The van der Waals surface area contributed by atoms with E-state index in [1.165, 1.54) is 12.1 Å². The summed E-state index contributed by atoms with van der Waals surface area (Å²) in [4.78, 5) is 16.1. The summed E-state index contributed by atoms with van der Waals surface area (Å²) in [7, 11) is 0. The van der Waals surface area contributed by atoms with Gasteiger partial charge in [0.05, 0.1) is 35.4 Å². The Morgan fingerprint density at radius 1 is 1.22 bits per heavy atom. The number of H-pyrrole nitrogens is 1. The number of halogens is 1. The molecule has 8 heteroatoms. The number of carboxylic acids is 1. The summed E-state index contributed by atoms with van der Waals surface area (Å²) < 4.78 is 13.9. The summed E-state index contributed by atoms with van der Waals surface area (Å²) >= 11 is 0. The molecule has 196 valence electrons. The van der Waals surface area contributed by atoms with Crippen LogP contribution in [0.15, 0.2) is 30.3 Å².